The van der Waals surface area contributed by atoms with Crippen molar-refractivity contribution < 1.29 is 34.4 Å². The number of hydrogen-bond acceptors (Lipinski definition) is 5. The predicted molar refractivity (Wildman–Crippen MR) is 83.5 cm³/mol. The molecule has 0 amide bonds. The molecule has 0 bridgehead atoms. The van der Waals surface area contributed by atoms with Crippen molar-refractivity contribution in [2.75, 3.05) is 0 Å². The lowest BCUT2D eigenvalue weighted by atomic mass is 9.79. The fourth-order valence-corrected chi connectivity index (χ4v) is 2.76. The van der Waals surface area contributed by atoms with Crippen molar-refractivity contribution in [2.24, 2.45) is 5.41 Å². The number of ether oxygens (including phenoxy) is 1. The number of nitrogens with zero attached hydrogens (tertiary/aromatic N) is 1. The van der Waals surface area contributed by atoms with E-state index in [0.717, 1.165) is 12.1 Å². The lowest BCUT2D eigenvalue weighted by molar-refractivity contribution is -0.139. The van der Waals surface area contributed by atoms with E-state index in [2.05, 4.69) is 4.98 Å². The first kappa shape index (κ1) is 19.4. The average molecular weight is 339 g/mol. The van der Waals surface area contributed by atoms with Crippen LogP contribution in [0.1, 0.15) is 61.5 Å². The van der Waals surface area contributed by atoms with Crippen LogP contribution in [0.5, 0.6) is 5.75 Å². The molecule has 0 saturated carbocycles. The zero-order valence-corrected chi connectivity index (χ0v) is 14.0. The summed E-state index contributed by atoms with van der Waals surface area (Å²) in [6, 6.07) is 2.28. The zero-order chi connectivity index (χ0) is 18.7. The Bertz CT molecular complexity index is 632. The van der Waals surface area contributed by atoms with E-state index in [0.29, 0.717) is 6.42 Å². The fraction of sp³-hybridized carbons (Fsp3) is 0.500. The Hall–Kier alpha value is -2.64. The Morgan fingerprint density at radius 3 is 1.83 bits per heavy atom. The van der Waals surface area contributed by atoms with Crippen LogP contribution in [0.4, 0.5) is 0 Å². The first-order valence-corrected chi connectivity index (χ1v) is 7.21. The van der Waals surface area contributed by atoms with Crippen molar-refractivity contribution in [2.45, 2.75) is 46.1 Å². The van der Waals surface area contributed by atoms with Gasteiger partial charge in [0, 0.05) is 12.1 Å². The van der Waals surface area contributed by atoms with Crippen LogP contribution in [-0.4, -0.2) is 43.8 Å². The summed E-state index contributed by atoms with van der Waals surface area (Å²) in [5.74, 6) is -3.61. The molecule has 8 nitrogen and oxygen atoms in total. The maximum absolute atomic E-state index is 11.1. The summed E-state index contributed by atoms with van der Waals surface area (Å²) >= 11 is 0. The molecule has 1 aromatic heterocycles. The second-order valence-electron chi connectivity index (χ2n) is 6.96. The second-order valence-corrected chi connectivity index (χ2v) is 6.96. The SMILES string of the molecule is CC(C)(CC(=O)O)CC(C)(C)Oc1cc(C(=O)O)nc(C(=O)O)c1. The number of carboxylic acid groups (broad SMARTS) is 3. The third kappa shape index (κ3) is 5.86. The van der Waals surface area contributed by atoms with Gasteiger partial charge < -0.3 is 20.1 Å². The van der Waals surface area contributed by atoms with Crippen molar-refractivity contribution >= 4 is 17.9 Å². The van der Waals surface area contributed by atoms with Gasteiger partial charge in [-0.25, -0.2) is 14.6 Å². The molecule has 0 fully saturated rings. The number of rotatable bonds is 8. The van der Waals surface area contributed by atoms with Crippen LogP contribution in [-0.2, 0) is 4.79 Å². The Kier molecular flexibility index (Phi) is 5.54. The van der Waals surface area contributed by atoms with Crippen molar-refractivity contribution in [3.8, 4) is 5.75 Å². The van der Waals surface area contributed by atoms with E-state index in [-0.39, 0.29) is 12.2 Å². The summed E-state index contributed by atoms with van der Waals surface area (Å²) in [4.78, 5) is 36.6. The molecule has 0 saturated heterocycles. The van der Waals surface area contributed by atoms with Crippen LogP contribution in [0.3, 0.4) is 0 Å². The summed E-state index contributed by atoms with van der Waals surface area (Å²) in [5.41, 5.74) is -2.28. The van der Waals surface area contributed by atoms with Gasteiger partial charge in [-0.3, -0.25) is 4.79 Å². The summed E-state index contributed by atoms with van der Waals surface area (Å²) in [6.45, 7) is 7.00. The third-order valence-corrected chi connectivity index (χ3v) is 3.17. The molecule has 1 heterocycles. The molecule has 0 aromatic carbocycles. The van der Waals surface area contributed by atoms with Gasteiger partial charge in [-0.2, -0.15) is 0 Å². The molecule has 0 unspecified atom stereocenters. The number of hydrogen-bond donors (Lipinski definition) is 3. The summed E-state index contributed by atoms with van der Waals surface area (Å²) in [6.07, 6.45) is 0.302. The number of aromatic nitrogens is 1. The number of pyridine rings is 1. The van der Waals surface area contributed by atoms with Gasteiger partial charge in [0.05, 0.1) is 6.42 Å². The smallest absolute Gasteiger partial charge is 0.354 e. The van der Waals surface area contributed by atoms with Gasteiger partial charge in [0.1, 0.15) is 11.4 Å². The first-order valence-electron chi connectivity index (χ1n) is 7.21. The molecule has 0 aliphatic carbocycles. The average Bonchev–Trinajstić information content (AvgIpc) is 2.33. The number of aromatic carboxylic acids is 2. The highest BCUT2D eigenvalue weighted by Crippen LogP contribution is 2.34. The van der Waals surface area contributed by atoms with Crippen LogP contribution in [0.15, 0.2) is 12.1 Å². The van der Waals surface area contributed by atoms with Crippen LogP contribution in [0.2, 0.25) is 0 Å². The van der Waals surface area contributed by atoms with Crippen LogP contribution >= 0.6 is 0 Å². The molecular weight excluding hydrogens is 318 g/mol. The summed E-state index contributed by atoms with van der Waals surface area (Å²) < 4.78 is 5.74. The van der Waals surface area contributed by atoms with Crippen molar-refractivity contribution in [3.05, 3.63) is 23.5 Å². The highest BCUT2D eigenvalue weighted by Gasteiger charge is 2.32. The highest BCUT2D eigenvalue weighted by molar-refractivity contribution is 5.90. The minimum absolute atomic E-state index is 0.0518. The predicted octanol–water partition coefficient (Wildman–Crippen LogP) is 2.53. The normalized spacial score (nSPS) is 11.8. The third-order valence-electron chi connectivity index (χ3n) is 3.17. The minimum atomic E-state index is -1.37. The number of aliphatic carboxylic acids is 1. The van der Waals surface area contributed by atoms with Crippen LogP contribution in [0.25, 0.3) is 0 Å². The van der Waals surface area contributed by atoms with Gasteiger partial charge in [-0.1, -0.05) is 13.8 Å². The molecule has 0 atom stereocenters. The van der Waals surface area contributed by atoms with E-state index in [1.54, 1.807) is 27.7 Å². The molecule has 0 aliphatic heterocycles. The van der Waals surface area contributed by atoms with Crippen molar-refractivity contribution in [1.82, 2.24) is 4.98 Å². The molecule has 132 valence electrons. The van der Waals surface area contributed by atoms with Gasteiger partial charge >= 0.3 is 17.9 Å². The quantitative estimate of drug-likeness (QED) is 0.657. The van der Waals surface area contributed by atoms with E-state index in [4.69, 9.17) is 20.1 Å². The lowest BCUT2D eigenvalue weighted by Crippen LogP contribution is -2.35. The fourth-order valence-electron chi connectivity index (χ4n) is 2.76. The van der Waals surface area contributed by atoms with E-state index >= 15 is 0 Å². The second kappa shape index (κ2) is 6.86. The monoisotopic (exact) mass is 339 g/mol. The zero-order valence-electron chi connectivity index (χ0n) is 14.0. The molecule has 24 heavy (non-hydrogen) atoms. The van der Waals surface area contributed by atoms with Gasteiger partial charge in [-0.05, 0) is 25.7 Å². The molecule has 1 aromatic rings. The van der Waals surface area contributed by atoms with Crippen molar-refractivity contribution in [3.63, 3.8) is 0 Å². The van der Waals surface area contributed by atoms with Gasteiger partial charge in [-0.15, -0.1) is 0 Å². The Labute approximate surface area is 139 Å². The number of carbonyl (C=O) groups is 3. The Morgan fingerprint density at radius 1 is 1.00 bits per heavy atom. The van der Waals surface area contributed by atoms with Crippen molar-refractivity contribution in [1.29, 1.82) is 0 Å². The first-order chi connectivity index (χ1) is 10.8. The number of carboxylic acids is 3. The van der Waals surface area contributed by atoms with Crippen LogP contribution in [0, 0.1) is 5.41 Å². The molecule has 0 spiro atoms. The molecule has 1 rings (SSSR count). The summed E-state index contributed by atoms with van der Waals surface area (Å²) in [5, 5.41) is 27.0. The molecular formula is C16H21NO7. The standard InChI is InChI=1S/C16H21NO7/c1-15(2,7-12(18)19)8-16(3,4)24-9-5-10(13(20)21)17-11(6-9)14(22)23/h5-6H,7-8H2,1-4H3,(H,18,19)(H,20,21)(H,22,23). The van der Waals surface area contributed by atoms with Gasteiger partial charge in [0.15, 0.2) is 11.4 Å². The summed E-state index contributed by atoms with van der Waals surface area (Å²) in [7, 11) is 0. The maximum Gasteiger partial charge on any atom is 0.354 e. The molecule has 8 heteroatoms. The van der Waals surface area contributed by atoms with Gasteiger partial charge in [0.25, 0.3) is 0 Å². The maximum atomic E-state index is 11.1. The van der Waals surface area contributed by atoms with E-state index in [9.17, 15) is 14.4 Å². The minimum Gasteiger partial charge on any atom is -0.488 e. The molecule has 0 radical (unpaired) electrons. The Morgan fingerprint density at radius 2 is 1.46 bits per heavy atom. The molecule has 3 N–H and O–H groups in total. The van der Waals surface area contributed by atoms with Crippen LogP contribution < -0.4 is 4.74 Å². The van der Waals surface area contributed by atoms with Gasteiger partial charge in [0.2, 0.25) is 0 Å². The largest absolute Gasteiger partial charge is 0.488 e. The lowest BCUT2D eigenvalue weighted by Gasteiger charge is -2.34. The molecule has 0 aliphatic rings. The van der Waals surface area contributed by atoms with E-state index < -0.39 is 40.3 Å². The van der Waals surface area contributed by atoms with E-state index in [1.807, 2.05) is 0 Å². The Balaban J connectivity index is 3.07. The topological polar surface area (TPSA) is 134 Å². The van der Waals surface area contributed by atoms with E-state index in [1.165, 1.54) is 0 Å². The highest BCUT2D eigenvalue weighted by atomic mass is 16.5.